The van der Waals surface area contributed by atoms with Gasteiger partial charge in [0.1, 0.15) is 35.1 Å². The van der Waals surface area contributed by atoms with Gasteiger partial charge in [0.15, 0.2) is 0 Å². The van der Waals surface area contributed by atoms with Crippen LogP contribution in [0.1, 0.15) is 59.3 Å². The lowest BCUT2D eigenvalue weighted by Crippen LogP contribution is -2.59. The predicted molar refractivity (Wildman–Crippen MR) is 224 cm³/mol. The molecule has 4 aliphatic rings. The summed E-state index contributed by atoms with van der Waals surface area (Å²) < 4.78 is 88.8. The van der Waals surface area contributed by atoms with Crippen LogP contribution in [0.3, 0.4) is 0 Å². The van der Waals surface area contributed by atoms with Crippen LogP contribution >= 0.6 is 0 Å². The van der Waals surface area contributed by atoms with Crippen LogP contribution in [0.25, 0.3) is 22.0 Å². The number of sulfonamides is 1. The molecule has 20 heteroatoms. The molecule has 2 saturated carbocycles. The van der Waals surface area contributed by atoms with Crippen molar-refractivity contribution in [3.63, 3.8) is 0 Å². The third-order valence-electron chi connectivity index (χ3n) is 11.1. The van der Waals surface area contributed by atoms with Gasteiger partial charge < -0.3 is 39.4 Å². The summed E-state index contributed by atoms with van der Waals surface area (Å²) in [6.45, 7) is 4.73. The monoisotopic (exact) mass is 900 g/mol. The highest BCUT2D eigenvalue weighted by molar-refractivity contribution is 7.91. The molecule has 7 rings (SSSR count). The van der Waals surface area contributed by atoms with Crippen LogP contribution < -0.4 is 29.7 Å². The Morgan fingerprint density at radius 3 is 2.44 bits per heavy atom. The van der Waals surface area contributed by atoms with Crippen LogP contribution in [-0.4, -0.2) is 117 Å². The van der Waals surface area contributed by atoms with E-state index < -0.39 is 86.4 Å². The SMILES string of the molecule is CN(C)c1ccc2c(OC3C[C@H]4C(=O)N[C@]5(C(=O)NS(=O)(=O)C6CC6)CC5/C=C\CCCOC[C@H](NC(=O)OC(C)(C)C)C(=O)N4C3)nc(-c3ccc(OC(F)(F)F)cc3)cc2c1. The fourth-order valence-corrected chi connectivity index (χ4v) is 9.01. The van der Waals surface area contributed by atoms with E-state index in [0.29, 0.717) is 47.7 Å². The fraction of sp³-hybridized carbons (Fsp3) is 0.512. The minimum Gasteiger partial charge on any atom is -0.472 e. The molecule has 0 radical (unpaired) electrons. The molecule has 0 bridgehead atoms. The van der Waals surface area contributed by atoms with E-state index >= 15 is 0 Å². The van der Waals surface area contributed by atoms with Gasteiger partial charge in [-0.15, -0.1) is 13.2 Å². The molecule has 2 aromatic carbocycles. The van der Waals surface area contributed by atoms with Gasteiger partial charge in [-0.05, 0) is 107 Å². The van der Waals surface area contributed by atoms with E-state index in [-0.39, 0.29) is 38.5 Å². The lowest BCUT2D eigenvalue weighted by molar-refractivity contribution is -0.274. The number of allylic oxidation sites excluding steroid dienone is 1. The zero-order valence-electron chi connectivity index (χ0n) is 35.5. The van der Waals surface area contributed by atoms with Crippen molar-refractivity contribution in [3.8, 4) is 22.9 Å². The normalized spacial score (nSPS) is 25.0. The van der Waals surface area contributed by atoms with E-state index in [1.54, 1.807) is 39.0 Å². The zero-order chi connectivity index (χ0) is 45.5. The van der Waals surface area contributed by atoms with Crippen molar-refractivity contribution in [3.05, 3.63) is 60.7 Å². The molecule has 1 aromatic heterocycles. The van der Waals surface area contributed by atoms with Crippen molar-refractivity contribution in [2.45, 2.75) is 100 Å². The summed E-state index contributed by atoms with van der Waals surface area (Å²) in [5.41, 5.74) is -0.916. The van der Waals surface area contributed by atoms with Crippen molar-refractivity contribution >= 4 is 50.3 Å². The number of nitrogens with one attached hydrogen (secondary N) is 3. The molecule has 3 fully saturated rings. The summed E-state index contributed by atoms with van der Waals surface area (Å²) in [5.74, 6) is -3.19. The van der Waals surface area contributed by atoms with Gasteiger partial charge in [-0.3, -0.25) is 19.1 Å². The maximum Gasteiger partial charge on any atom is 0.573 e. The van der Waals surface area contributed by atoms with Crippen LogP contribution in [0.15, 0.2) is 60.7 Å². The van der Waals surface area contributed by atoms with Crippen LogP contribution in [0, 0.1) is 5.92 Å². The number of amides is 4. The number of rotatable bonds is 9. The lowest BCUT2D eigenvalue weighted by Gasteiger charge is -2.30. The van der Waals surface area contributed by atoms with E-state index in [1.807, 2.05) is 37.2 Å². The van der Waals surface area contributed by atoms with Crippen molar-refractivity contribution in [2.24, 2.45) is 5.92 Å². The van der Waals surface area contributed by atoms with Crippen molar-refractivity contribution < 1.29 is 59.7 Å². The van der Waals surface area contributed by atoms with Crippen molar-refractivity contribution in [1.82, 2.24) is 25.2 Å². The number of nitrogens with zero attached hydrogens (tertiary/aromatic N) is 3. The van der Waals surface area contributed by atoms with Crippen molar-refractivity contribution in [2.75, 3.05) is 38.8 Å². The van der Waals surface area contributed by atoms with E-state index in [9.17, 15) is 40.8 Å². The average molecular weight is 901 g/mol. The Labute approximate surface area is 362 Å². The molecule has 5 atom stereocenters. The Kier molecular flexibility index (Phi) is 12.6. The van der Waals surface area contributed by atoms with Gasteiger partial charge in [-0.1, -0.05) is 12.2 Å². The van der Waals surface area contributed by atoms with Crippen LogP contribution in [-0.2, 0) is 33.9 Å². The molecule has 4 amide bonds. The smallest absolute Gasteiger partial charge is 0.472 e. The number of carbonyl (C=O) groups excluding carboxylic acids is 4. The summed E-state index contributed by atoms with van der Waals surface area (Å²) in [6, 6.07) is 9.84. The Morgan fingerprint density at radius 2 is 1.78 bits per heavy atom. The standard InChI is InChI=1S/C43H51F3N6O10S/c1-41(2,3)62-40(56)48-34-24-59-18-8-6-7-9-27-22-42(27,39(55)50-63(57,58)31-15-16-31)49-36(53)35-21-30(23-52(35)38(34)54)60-37-32-17-12-28(51(4)5)19-26(32)20-33(47-37)25-10-13-29(14-11-25)61-43(44,45)46/h7,9-14,17,19-20,27,30-31,34-35H,6,8,15-16,18,21-24H2,1-5H3,(H,48,56)(H,49,53)(H,50,55)/b9-7-/t27?,30?,34-,35-,42+/m0/s1. The maximum atomic E-state index is 14.6. The Hall–Kier alpha value is -5.63. The van der Waals surface area contributed by atoms with Crippen molar-refractivity contribution in [1.29, 1.82) is 0 Å². The predicted octanol–water partition coefficient (Wildman–Crippen LogP) is 4.96. The number of carbonyl (C=O) groups is 4. The van der Waals surface area contributed by atoms with Gasteiger partial charge in [-0.2, -0.15) is 0 Å². The summed E-state index contributed by atoms with van der Waals surface area (Å²) in [7, 11) is -0.263. The first-order chi connectivity index (χ1) is 29.6. The number of anilines is 1. The number of hydrogen-bond donors (Lipinski definition) is 3. The number of hydrogen-bond acceptors (Lipinski definition) is 12. The zero-order valence-corrected chi connectivity index (χ0v) is 36.3. The highest BCUT2D eigenvalue weighted by Crippen LogP contribution is 2.46. The second kappa shape index (κ2) is 17.5. The molecule has 2 aliphatic heterocycles. The topological polar surface area (TPSA) is 195 Å². The molecule has 1 saturated heterocycles. The number of benzene rings is 2. The number of fused-ring (bicyclic) bond motifs is 3. The molecule has 16 nitrogen and oxygen atoms in total. The maximum absolute atomic E-state index is 14.6. The largest absolute Gasteiger partial charge is 0.573 e. The third kappa shape index (κ3) is 10.9. The number of pyridine rings is 1. The molecule has 2 aliphatic carbocycles. The third-order valence-corrected chi connectivity index (χ3v) is 12.9. The van der Waals surface area contributed by atoms with Gasteiger partial charge in [0.25, 0.3) is 5.91 Å². The average Bonchev–Trinajstić information content (AvgIpc) is 4.12. The minimum absolute atomic E-state index is 0.101. The number of aromatic nitrogens is 1. The van der Waals surface area contributed by atoms with E-state index in [1.165, 1.54) is 17.0 Å². The van der Waals surface area contributed by atoms with Gasteiger partial charge >= 0.3 is 12.5 Å². The first kappa shape index (κ1) is 45.4. The number of ether oxygens (including phenoxy) is 4. The van der Waals surface area contributed by atoms with Gasteiger partial charge in [0.05, 0.1) is 24.1 Å². The summed E-state index contributed by atoms with van der Waals surface area (Å²) >= 11 is 0. The molecular weight excluding hydrogens is 850 g/mol. The Balaban J connectivity index is 1.24. The van der Waals surface area contributed by atoms with Crippen LogP contribution in [0.2, 0.25) is 0 Å². The molecule has 2 unspecified atom stereocenters. The van der Waals surface area contributed by atoms with Crippen LogP contribution in [0.4, 0.5) is 23.7 Å². The molecule has 0 spiro atoms. The highest BCUT2D eigenvalue weighted by atomic mass is 32.2. The summed E-state index contributed by atoms with van der Waals surface area (Å²) in [4.78, 5) is 64.0. The number of halogens is 3. The quantitative estimate of drug-likeness (QED) is 0.245. The Morgan fingerprint density at radius 1 is 1.05 bits per heavy atom. The molecule has 3 N–H and O–H groups in total. The molecular formula is C43H51F3N6O10S. The van der Waals surface area contributed by atoms with Gasteiger partial charge in [-0.25, -0.2) is 18.2 Å². The molecule has 3 aromatic rings. The second-order valence-corrected chi connectivity index (χ2v) is 19.4. The Bertz CT molecular complexity index is 2390. The fourth-order valence-electron chi connectivity index (χ4n) is 7.65. The number of alkyl carbamates (subject to hydrolysis) is 1. The minimum atomic E-state index is -4.88. The summed E-state index contributed by atoms with van der Waals surface area (Å²) in [5, 5.41) is 5.94. The van der Waals surface area contributed by atoms with E-state index in [2.05, 4.69) is 20.1 Å². The second-order valence-electron chi connectivity index (χ2n) is 17.5. The van der Waals surface area contributed by atoms with E-state index in [4.69, 9.17) is 19.2 Å². The first-order valence-electron chi connectivity index (χ1n) is 20.7. The van der Waals surface area contributed by atoms with Crippen LogP contribution in [0.5, 0.6) is 11.6 Å². The summed E-state index contributed by atoms with van der Waals surface area (Å²) in [6.07, 6.45) is -1.24. The van der Waals surface area contributed by atoms with E-state index in [0.717, 1.165) is 17.8 Å². The molecule has 340 valence electrons. The first-order valence-corrected chi connectivity index (χ1v) is 22.2. The molecule has 63 heavy (non-hydrogen) atoms. The number of alkyl halides is 3. The highest BCUT2D eigenvalue weighted by Gasteiger charge is 2.62. The van der Waals surface area contributed by atoms with Gasteiger partial charge in [0, 0.05) is 49.7 Å². The molecule has 3 heterocycles. The van der Waals surface area contributed by atoms with Gasteiger partial charge in [0.2, 0.25) is 27.7 Å². The lowest BCUT2D eigenvalue weighted by atomic mass is 10.1.